The average Bonchev–Trinajstić information content (AvgIpc) is 2.99. The molecule has 14 heteroatoms. The van der Waals surface area contributed by atoms with Crippen LogP contribution in [0.5, 0.6) is 11.5 Å². The van der Waals surface area contributed by atoms with E-state index in [0.29, 0.717) is 0 Å². The number of carboxylic acids is 1. The molecule has 0 saturated carbocycles. The number of esters is 1. The zero-order chi connectivity index (χ0) is 33.2. The van der Waals surface area contributed by atoms with Gasteiger partial charge in [0.15, 0.2) is 11.5 Å². The van der Waals surface area contributed by atoms with Gasteiger partial charge >= 0.3 is 24.2 Å². The number of amides is 1. The van der Waals surface area contributed by atoms with E-state index in [2.05, 4.69) is 14.8 Å². The second kappa shape index (κ2) is 12.6. The third kappa shape index (κ3) is 6.85. The van der Waals surface area contributed by atoms with Gasteiger partial charge < -0.3 is 24.6 Å². The van der Waals surface area contributed by atoms with Gasteiger partial charge in [-0.2, -0.15) is 17.6 Å². The zero-order valence-electron chi connectivity index (χ0n) is 23.4. The molecule has 1 amide bonds. The highest BCUT2D eigenvalue weighted by Gasteiger charge is 2.66. The predicted octanol–water partition coefficient (Wildman–Crippen LogP) is 6.57. The second-order valence-electron chi connectivity index (χ2n) is 10.3. The Morgan fingerprint density at radius 2 is 1.46 bits per heavy atom. The van der Waals surface area contributed by atoms with Crippen LogP contribution >= 0.6 is 0 Å². The van der Waals surface area contributed by atoms with E-state index in [1.165, 1.54) is 54.6 Å². The molecule has 0 aliphatic carbocycles. The molecule has 2 N–H and O–H groups in total. The molecule has 1 heterocycles. The SMILES string of the molecule is O=C(O)CCC(=O)OC(c1ccc(F)cc1)C(Cc1ccc2c(c1)OC(F)(F)C(F)(F)O2)NC(=O)c1cccc2c(F)cccc12. The van der Waals surface area contributed by atoms with Crippen LogP contribution in [0, 0.1) is 11.6 Å². The van der Waals surface area contributed by atoms with E-state index < -0.39 is 78.2 Å². The van der Waals surface area contributed by atoms with Gasteiger partial charge in [-0.15, -0.1) is 0 Å². The summed E-state index contributed by atoms with van der Waals surface area (Å²) in [5.74, 6) is -5.73. The number of benzene rings is 4. The summed E-state index contributed by atoms with van der Waals surface area (Å²) < 4.78 is 97.5. The quantitative estimate of drug-likeness (QED) is 0.148. The van der Waals surface area contributed by atoms with E-state index in [9.17, 15) is 40.7 Å². The molecule has 2 atom stereocenters. The number of rotatable bonds is 10. The van der Waals surface area contributed by atoms with Crippen LogP contribution in [-0.4, -0.2) is 41.2 Å². The molecule has 1 aliphatic heterocycles. The lowest BCUT2D eigenvalue weighted by atomic mass is 9.94. The van der Waals surface area contributed by atoms with E-state index in [1.54, 1.807) is 0 Å². The number of carbonyl (C=O) groups is 3. The fourth-order valence-electron chi connectivity index (χ4n) is 4.89. The van der Waals surface area contributed by atoms with Crippen molar-refractivity contribution in [2.45, 2.75) is 43.6 Å². The van der Waals surface area contributed by atoms with Crippen LogP contribution in [0.1, 0.15) is 40.4 Å². The minimum absolute atomic E-state index is 0.0149. The molecule has 8 nitrogen and oxygen atoms in total. The first-order valence-electron chi connectivity index (χ1n) is 13.7. The molecule has 46 heavy (non-hydrogen) atoms. The highest BCUT2D eigenvalue weighted by Crippen LogP contribution is 2.47. The van der Waals surface area contributed by atoms with Crippen molar-refractivity contribution >= 4 is 28.6 Å². The molecular formula is C32H23F6NO7. The standard InChI is InChI=1S/C32H23F6NO7/c33-19-10-8-18(9-11-19)29(44-28(42)14-13-27(40)41)24(39-30(43)22-5-1-4-21-20(22)3-2-6-23(21)34)15-17-7-12-25-26(16-17)46-32(37,38)31(35,36)45-25/h1-12,16,24,29H,13-15H2,(H,39,43)(H,40,41). The number of hydrogen-bond acceptors (Lipinski definition) is 6. The van der Waals surface area contributed by atoms with Gasteiger partial charge in [0, 0.05) is 10.9 Å². The van der Waals surface area contributed by atoms with Crippen molar-refractivity contribution in [3.05, 3.63) is 107 Å². The summed E-state index contributed by atoms with van der Waals surface area (Å²) >= 11 is 0. The Kier molecular flexibility index (Phi) is 8.81. The van der Waals surface area contributed by atoms with Gasteiger partial charge in [0.05, 0.1) is 18.9 Å². The van der Waals surface area contributed by atoms with Gasteiger partial charge in [0.1, 0.15) is 17.7 Å². The van der Waals surface area contributed by atoms with E-state index in [0.717, 1.165) is 24.3 Å². The van der Waals surface area contributed by atoms with Gasteiger partial charge in [-0.1, -0.05) is 42.5 Å². The van der Waals surface area contributed by atoms with Crippen molar-refractivity contribution in [1.29, 1.82) is 0 Å². The number of hydrogen-bond donors (Lipinski definition) is 2. The zero-order valence-corrected chi connectivity index (χ0v) is 23.4. The third-order valence-electron chi connectivity index (χ3n) is 7.07. The van der Waals surface area contributed by atoms with Gasteiger partial charge in [-0.05, 0) is 59.3 Å². The molecule has 0 radical (unpaired) electrons. The Morgan fingerprint density at radius 1 is 0.804 bits per heavy atom. The number of carbonyl (C=O) groups excluding carboxylic acids is 2. The van der Waals surface area contributed by atoms with Crippen molar-refractivity contribution in [1.82, 2.24) is 5.32 Å². The number of aliphatic carboxylic acids is 1. The molecule has 0 bridgehead atoms. The first-order chi connectivity index (χ1) is 21.7. The van der Waals surface area contributed by atoms with Gasteiger partial charge in [-0.3, -0.25) is 14.4 Å². The molecular weight excluding hydrogens is 624 g/mol. The Balaban J connectivity index is 1.55. The van der Waals surface area contributed by atoms with Gasteiger partial charge in [-0.25, -0.2) is 8.78 Å². The molecule has 1 aliphatic rings. The first-order valence-corrected chi connectivity index (χ1v) is 13.7. The highest BCUT2D eigenvalue weighted by molar-refractivity contribution is 6.07. The summed E-state index contributed by atoms with van der Waals surface area (Å²) in [5, 5.41) is 12.1. The fourth-order valence-corrected chi connectivity index (χ4v) is 4.89. The number of carboxylic acid groups (broad SMARTS) is 1. The Morgan fingerprint density at radius 3 is 2.15 bits per heavy atom. The van der Waals surface area contributed by atoms with Crippen LogP contribution in [-0.2, 0) is 20.7 Å². The lowest BCUT2D eigenvalue weighted by molar-refractivity contribution is -0.391. The molecule has 0 aromatic heterocycles. The molecule has 0 spiro atoms. The number of halogens is 6. The second-order valence-corrected chi connectivity index (χ2v) is 10.3. The highest BCUT2D eigenvalue weighted by atomic mass is 19.3. The fraction of sp³-hybridized carbons (Fsp3) is 0.219. The maximum atomic E-state index is 14.5. The van der Waals surface area contributed by atoms with E-state index in [1.807, 2.05) is 0 Å². The summed E-state index contributed by atoms with van der Waals surface area (Å²) in [6.45, 7) is 0. The summed E-state index contributed by atoms with van der Waals surface area (Å²) in [4.78, 5) is 37.5. The molecule has 0 saturated heterocycles. The summed E-state index contributed by atoms with van der Waals surface area (Å²) in [7, 11) is 0. The molecule has 2 unspecified atom stereocenters. The maximum absolute atomic E-state index is 14.5. The summed E-state index contributed by atoms with van der Waals surface area (Å²) in [6.07, 6.45) is -12.9. The number of nitrogens with one attached hydrogen (secondary N) is 1. The molecule has 4 aromatic rings. The Bertz CT molecular complexity index is 1800. The Labute approximate surface area is 256 Å². The molecule has 240 valence electrons. The van der Waals surface area contributed by atoms with Crippen LogP contribution in [0.25, 0.3) is 10.8 Å². The van der Waals surface area contributed by atoms with Crippen molar-refractivity contribution in [2.75, 3.05) is 0 Å². The Hall–Kier alpha value is -5.27. The van der Waals surface area contributed by atoms with Crippen molar-refractivity contribution in [2.24, 2.45) is 0 Å². The monoisotopic (exact) mass is 647 g/mol. The lowest BCUT2D eigenvalue weighted by Crippen LogP contribution is -2.52. The lowest BCUT2D eigenvalue weighted by Gasteiger charge is -2.32. The first kappa shape index (κ1) is 32.1. The maximum Gasteiger partial charge on any atom is 0.507 e. The number of ether oxygens (including phenoxy) is 3. The normalized spacial score (nSPS) is 15.9. The van der Waals surface area contributed by atoms with Crippen LogP contribution < -0.4 is 14.8 Å². The van der Waals surface area contributed by atoms with Crippen LogP contribution in [0.2, 0.25) is 0 Å². The van der Waals surface area contributed by atoms with E-state index in [4.69, 9.17) is 9.84 Å². The minimum atomic E-state index is -5.01. The van der Waals surface area contributed by atoms with Crippen molar-refractivity contribution in [3.8, 4) is 11.5 Å². The minimum Gasteiger partial charge on any atom is -0.481 e. The largest absolute Gasteiger partial charge is 0.507 e. The summed E-state index contributed by atoms with van der Waals surface area (Å²) in [5.41, 5.74) is 0.287. The predicted molar refractivity (Wildman–Crippen MR) is 149 cm³/mol. The van der Waals surface area contributed by atoms with Crippen molar-refractivity contribution < 1.29 is 60.0 Å². The average molecular weight is 648 g/mol. The molecule has 4 aromatic carbocycles. The topological polar surface area (TPSA) is 111 Å². The summed E-state index contributed by atoms with van der Waals surface area (Å²) in [6, 6.07) is 14.9. The number of fused-ring (bicyclic) bond motifs is 2. The van der Waals surface area contributed by atoms with E-state index in [-0.39, 0.29) is 33.9 Å². The number of alkyl halides is 4. The van der Waals surface area contributed by atoms with Crippen molar-refractivity contribution in [3.63, 3.8) is 0 Å². The molecule has 5 rings (SSSR count). The smallest absolute Gasteiger partial charge is 0.481 e. The van der Waals surface area contributed by atoms with Gasteiger partial charge in [0.25, 0.3) is 5.91 Å². The molecule has 0 fully saturated rings. The van der Waals surface area contributed by atoms with Crippen LogP contribution in [0.3, 0.4) is 0 Å². The third-order valence-corrected chi connectivity index (χ3v) is 7.07. The van der Waals surface area contributed by atoms with Gasteiger partial charge in [0.2, 0.25) is 0 Å². The van der Waals surface area contributed by atoms with Crippen LogP contribution in [0.4, 0.5) is 26.3 Å². The van der Waals surface area contributed by atoms with E-state index >= 15 is 0 Å². The van der Waals surface area contributed by atoms with Crippen LogP contribution in [0.15, 0.2) is 78.9 Å².